The lowest BCUT2D eigenvalue weighted by Crippen LogP contribution is -2.23. The van der Waals surface area contributed by atoms with E-state index in [1.54, 1.807) is 18.3 Å². The summed E-state index contributed by atoms with van der Waals surface area (Å²) in [5.41, 5.74) is 1.09. The predicted molar refractivity (Wildman–Crippen MR) is 66.8 cm³/mol. The second-order valence-corrected chi connectivity index (χ2v) is 4.04. The zero-order chi connectivity index (χ0) is 12.1. The number of hydrogen-bond acceptors (Lipinski definition) is 3. The molecular formula is C13H17N3O. The average molecular weight is 231 g/mol. The van der Waals surface area contributed by atoms with Crippen molar-refractivity contribution in [2.24, 2.45) is 0 Å². The summed E-state index contributed by atoms with van der Waals surface area (Å²) in [6.45, 7) is 3.77. The molecule has 0 saturated carbocycles. The Morgan fingerprint density at radius 1 is 1.41 bits per heavy atom. The van der Waals surface area contributed by atoms with Gasteiger partial charge >= 0.3 is 0 Å². The molecule has 90 valence electrons. The molecule has 17 heavy (non-hydrogen) atoms. The molecule has 1 heterocycles. The van der Waals surface area contributed by atoms with E-state index in [0.29, 0.717) is 5.75 Å². The number of phenolic OH excluding ortho intramolecular Hbond substituents is 1. The lowest BCUT2D eigenvalue weighted by Gasteiger charge is -2.14. The Morgan fingerprint density at radius 3 is 3.00 bits per heavy atom. The number of hydrogen-bond donors (Lipinski definition) is 2. The van der Waals surface area contributed by atoms with Crippen molar-refractivity contribution in [1.82, 2.24) is 15.1 Å². The van der Waals surface area contributed by atoms with E-state index in [1.165, 1.54) is 0 Å². The molecule has 1 unspecified atom stereocenters. The fourth-order valence-electron chi connectivity index (χ4n) is 1.74. The van der Waals surface area contributed by atoms with E-state index < -0.39 is 0 Å². The van der Waals surface area contributed by atoms with E-state index >= 15 is 0 Å². The first kappa shape index (κ1) is 11.7. The largest absolute Gasteiger partial charge is 0.508 e. The van der Waals surface area contributed by atoms with Crippen LogP contribution in [-0.4, -0.2) is 21.4 Å². The van der Waals surface area contributed by atoms with Gasteiger partial charge in [0.25, 0.3) is 0 Å². The predicted octanol–water partition coefficient (Wildman–Crippen LogP) is 1.94. The Hall–Kier alpha value is -1.81. The van der Waals surface area contributed by atoms with Crippen LogP contribution in [0.1, 0.15) is 18.5 Å². The number of aromatic hydroxyl groups is 1. The molecule has 0 spiro atoms. The maximum absolute atomic E-state index is 9.40. The Bertz CT molecular complexity index is 453. The normalized spacial score (nSPS) is 12.5. The van der Waals surface area contributed by atoms with Gasteiger partial charge in [-0.05, 0) is 30.7 Å². The zero-order valence-corrected chi connectivity index (χ0v) is 9.87. The third-order valence-corrected chi connectivity index (χ3v) is 2.72. The van der Waals surface area contributed by atoms with Crippen molar-refractivity contribution in [3.63, 3.8) is 0 Å². The fraction of sp³-hybridized carbons (Fsp3) is 0.308. The number of rotatable bonds is 5. The van der Waals surface area contributed by atoms with Gasteiger partial charge in [0.1, 0.15) is 5.75 Å². The summed E-state index contributed by atoms with van der Waals surface area (Å²) in [6.07, 6.45) is 3.72. The van der Waals surface area contributed by atoms with E-state index in [-0.39, 0.29) is 6.04 Å². The highest BCUT2D eigenvalue weighted by Gasteiger charge is 2.04. The highest BCUT2D eigenvalue weighted by Crippen LogP contribution is 2.17. The molecule has 0 aliphatic heterocycles. The molecule has 1 aromatic heterocycles. The minimum Gasteiger partial charge on any atom is -0.508 e. The van der Waals surface area contributed by atoms with Gasteiger partial charge in [0, 0.05) is 25.0 Å². The van der Waals surface area contributed by atoms with Gasteiger partial charge in [-0.15, -0.1) is 0 Å². The number of benzene rings is 1. The van der Waals surface area contributed by atoms with Crippen LogP contribution in [0.5, 0.6) is 5.75 Å². The molecule has 0 aliphatic rings. The van der Waals surface area contributed by atoms with Gasteiger partial charge in [-0.3, -0.25) is 4.68 Å². The van der Waals surface area contributed by atoms with E-state index in [4.69, 9.17) is 0 Å². The SMILES string of the molecule is CC(NCCn1cccn1)c1cccc(O)c1. The van der Waals surface area contributed by atoms with Crippen LogP contribution in [0.2, 0.25) is 0 Å². The quantitative estimate of drug-likeness (QED) is 0.826. The molecule has 0 radical (unpaired) electrons. The molecule has 0 amide bonds. The van der Waals surface area contributed by atoms with Gasteiger partial charge < -0.3 is 10.4 Å². The monoisotopic (exact) mass is 231 g/mol. The second kappa shape index (κ2) is 5.50. The first-order valence-corrected chi connectivity index (χ1v) is 5.75. The van der Waals surface area contributed by atoms with Crippen LogP contribution in [0.3, 0.4) is 0 Å². The maximum atomic E-state index is 9.40. The number of nitrogens with zero attached hydrogens (tertiary/aromatic N) is 2. The van der Waals surface area contributed by atoms with E-state index in [9.17, 15) is 5.11 Å². The second-order valence-electron chi connectivity index (χ2n) is 4.04. The Kier molecular flexibility index (Phi) is 3.77. The van der Waals surface area contributed by atoms with Gasteiger partial charge in [0.2, 0.25) is 0 Å². The minimum absolute atomic E-state index is 0.220. The smallest absolute Gasteiger partial charge is 0.115 e. The third-order valence-electron chi connectivity index (χ3n) is 2.72. The van der Waals surface area contributed by atoms with Crippen LogP contribution in [0.25, 0.3) is 0 Å². The summed E-state index contributed by atoms with van der Waals surface area (Å²) >= 11 is 0. The van der Waals surface area contributed by atoms with Gasteiger partial charge in [-0.1, -0.05) is 12.1 Å². The van der Waals surface area contributed by atoms with Crippen molar-refractivity contribution in [1.29, 1.82) is 0 Å². The molecule has 0 fully saturated rings. The Balaban J connectivity index is 1.83. The summed E-state index contributed by atoms with van der Waals surface area (Å²) in [5.74, 6) is 0.309. The first-order chi connectivity index (χ1) is 8.25. The molecule has 2 rings (SSSR count). The highest BCUT2D eigenvalue weighted by atomic mass is 16.3. The van der Waals surface area contributed by atoms with Gasteiger partial charge in [0.05, 0.1) is 6.54 Å². The summed E-state index contributed by atoms with van der Waals surface area (Å²) in [5, 5.41) is 16.9. The standard InChI is InChI=1S/C13H17N3O/c1-11(12-4-2-5-13(17)10-12)14-7-9-16-8-3-6-15-16/h2-6,8,10-11,14,17H,7,9H2,1H3. The molecule has 0 bridgehead atoms. The molecule has 4 nitrogen and oxygen atoms in total. The molecule has 2 aromatic rings. The van der Waals surface area contributed by atoms with Crippen molar-refractivity contribution in [2.45, 2.75) is 19.5 Å². The first-order valence-electron chi connectivity index (χ1n) is 5.75. The lowest BCUT2D eigenvalue weighted by molar-refractivity contribution is 0.470. The average Bonchev–Trinajstić information content (AvgIpc) is 2.82. The number of phenols is 1. The topological polar surface area (TPSA) is 50.1 Å². The minimum atomic E-state index is 0.220. The number of aromatic nitrogens is 2. The molecule has 0 aliphatic carbocycles. The Morgan fingerprint density at radius 2 is 2.29 bits per heavy atom. The third kappa shape index (κ3) is 3.32. The number of nitrogens with one attached hydrogen (secondary N) is 1. The van der Waals surface area contributed by atoms with Gasteiger partial charge in [-0.25, -0.2) is 0 Å². The highest BCUT2D eigenvalue weighted by molar-refractivity contribution is 5.28. The van der Waals surface area contributed by atoms with Crippen LogP contribution in [0.4, 0.5) is 0 Å². The van der Waals surface area contributed by atoms with Crippen LogP contribution < -0.4 is 5.32 Å². The maximum Gasteiger partial charge on any atom is 0.115 e. The van der Waals surface area contributed by atoms with Crippen molar-refractivity contribution in [3.8, 4) is 5.75 Å². The molecule has 4 heteroatoms. The Labute approximate surface area is 101 Å². The van der Waals surface area contributed by atoms with Crippen LogP contribution in [0, 0.1) is 0 Å². The molecular weight excluding hydrogens is 214 g/mol. The van der Waals surface area contributed by atoms with E-state index in [2.05, 4.69) is 17.3 Å². The molecule has 0 saturated heterocycles. The van der Waals surface area contributed by atoms with Crippen LogP contribution in [-0.2, 0) is 6.54 Å². The summed E-state index contributed by atoms with van der Waals surface area (Å²) in [4.78, 5) is 0. The van der Waals surface area contributed by atoms with Gasteiger partial charge in [-0.2, -0.15) is 5.10 Å². The zero-order valence-electron chi connectivity index (χ0n) is 9.87. The van der Waals surface area contributed by atoms with Crippen molar-refractivity contribution >= 4 is 0 Å². The lowest BCUT2D eigenvalue weighted by atomic mass is 10.1. The van der Waals surface area contributed by atoms with Crippen molar-refractivity contribution in [3.05, 3.63) is 48.3 Å². The van der Waals surface area contributed by atoms with Crippen molar-refractivity contribution in [2.75, 3.05) is 6.54 Å². The van der Waals surface area contributed by atoms with E-state index in [0.717, 1.165) is 18.7 Å². The molecule has 2 N–H and O–H groups in total. The van der Waals surface area contributed by atoms with Crippen LogP contribution >= 0.6 is 0 Å². The molecule has 1 aromatic carbocycles. The molecule has 1 atom stereocenters. The van der Waals surface area contributed by atoms with E-state index in [1.807, 2.05) is 29.1 Å². The van der Waals surface area contributed by atoms with Gasteiger partial charge in [0.15, 0.2) is 0 Å². The van der Waals surface area contributed by atoms with Crippen LogP contribution in [0.15, 0.2) is 42.7 Å². The van der Waals surface area contributed by atoms with Crippen molar-refractivity contribution < 1.29 is 5.11 Å². The summed E-state index contributed by atoms with van der Waals surface area (Å²) in [7, 11) is 0. The summed E-state index contributed by atoms with van der Waals surface area (Å²) in [6, 6.07) is 9.46. The summed E-state index contributed by atoms with van der Waals surface area (Å²) < 4.78 is 1.89. The fourth-order valence-corrected chi connectivity index (χ4v) is 1.74.